The highest BCUT2D eigenvalue weighted by Gasteiger charge is 2.63. The molecule has 0 atom stereocenters. The Balaban J connectivity index is 3.49. The maximum Gasteiger partial charge on any atom is 0.499 e. The zero-order valence-electron chi connectivity index (χ0n) is 10.1. The molecule has 0 N–H and O–H groups in total. The van der Waals surface area contributed by atoms with Gasteiger partial charge >= 0.3 is 11.0 Å². The molecule has 0 aromatic heterocycles. The molecule has 0 spiro atoms. The van der Waals surface area contributed by atoms with E-state index in [1.807, 2.05) is 0 Å². The van der Waals surface area contributed by atoms with Crippen LogP contribution in [0.3, 0.4) is 0 Å². The van der Waals surface area contributed by atoms with Crippen molar-refractivity contribution in [2.75, 3.05) is 0 Å². The second-order valence-electron chi connectivity index (χ2n) is 3.70. The smallest absolute Gasteiger partial charge is 0.217 e. The van der Waals surface area contributed by atoms with Gasteiger partial charge in [-0.2, -0.15) is 26.3 Å². The number of thioether (sulfide) groups is 1. The summed E-state index contributed by atoms with van der Waals surface area (Å²) in [5, 5.41) is 0. The molecule has 0 aliphatic heterocycles. The van der Waals surface area contributed by atoms with Crippen LogP contribution in [0.5, 0.6) is 0 Å². The van der Waals surface area contributed by atoms with Crippen molar-refractivity contribution in [1.29, 1.82) is 0 Å². The summed E-state index contributed by atoms with van der Waals surface area (Å²) in [6, 6.07) is 5.71. The number of hydrogen-bond donors (Lipinski definition) is 0. The molecule has 0 heterocycles. The predicted molar refractivity (Wildman–Crippen MR) is 66.0 cm³/mol. The fourth-order valence-electron chi connectivity index (χ4n) is 1.12. The minimum atomic E-state index is -6.62. The lowest BCUT2D eigenvalue weighted by molar-refractivity contribution is -0.0461. The summed E-state index contributed by atoms with van der Waals surface area (Å²) < 4.78 is 116. The van der Waals surface area contributed by atoms with Gasteiger partial charge in [0.15, 0.2) is 0 Å². The standard InChI is InChI=1S/C9H6F6O4S3/c10-8(11,12)21(16,17)7(22(18,19)9(13,14)15)20-6-4-2-1-3-5-6/h1-5,7H. The van der Waals surface area contributed by atoms with Crippen molar-refractivity contribution in [3.05, 3.63) is 30.3 Å². The Kier molecular flexibility index (Phi) is 5.14. The first-order chi connectivity index (χ1) is 9.71. The van der Waals surface area contributed by atoms with E-state index in [0.717, 1.165) is 12.1 Å². The van der Waals surface area contributed by atoms with Gasteiger partial charge in [0, 0.05) is 4.90 Å². The van der Waals surface area contributed by atoms with Crippen molar-refractivity contribution in [3.63, 3.8) is 0 Å². The van der Waals surface area contributed by atoms with Gasteiger partial charge in [0.05, 0.1) is 0 Å². The molecular weight excluding hydrogens is 382 g/mol. The van der Waals surface area contributed by atoms with Crippen molar-refractivity contribution in [1.82, 2.24) is 0 Å². The molecular formula is C9H6F6O4S3. The molecule has 0 amide bonds. The average molecular weight is 388 g/mol. The second-order valence-corrected chi connectivity index (χ2v) is 9.82. The van der Waals surface area contributed by atoms with Crippen LogP contribution in [0.1, 0.15) is 0 Å². The summed E-state index contributed by atoms with van der Waals surface area (Å²) in [7, 11) is -13.2. The molecule has 0 saturated heterocycles. The van der Waals surface area contributed by atoms with Crippen LogP contribution < -0.4 is 0 Å². The van der Waals surface area contributed by atoms with Crippen molar-refractivity contribution < 1.29 is 43.2 Å². The van der Waals surface area contributed by atoms with Gasteiger partial charge in [-0.3, -0.25) is 0 Å². The summed E-state index contributed by atoms with van der Waals surface area (Å²) in [6.45, 7) is 0. The quantitative estimate of drug-likeness (QED) is 0.586. The Morgan fingerprint density at radius 1 is 0.773 bits per heavy atom. The van der Waals surface area contributed by atoms with Crippen LogP contribution in [0, 0.1) is 0 Å². The molecule has 0 unspecified atom stereocenters. The van der Waals surface area contributed by atoms with Gasteiger partial charge in [-0.25, -0.2) is 16.8 Å². The van der Waals surface area contributed by atoms with Crippen LogP contribution in [0.4, 0.5) is 26.3 Å². The maximum atomic E-state index is 12.5. The highest BCUT2D eigenvalue weighted by molar-refractivity contribution is 8.27. The van der Waals surface area contributed by atoms with Crippen LogP contribution in [0.15, 0.2) is 35.2 Å². The lowest BCUT2D eigenvalue weighted by atomic mass is 10.4. The number of hydrogen-bond acceptors (Lipinski definition) is 5. The van der Waals surface area contributed by atoms with E-state index in [0.29, 0.717) is 0 Å². The molecule has 0 radical (unpaired) electrons. The van der Waals surface area contributed by atoms with E-state index in [4.69, 9.17) is 0 Å². The Bertz CT molecular complexity index is 677. The van der Waals surface area contributed by atoms with E-state index >= 15 is 0 Å². The Hall–Kier alpha value is -0.950. The van der Waals surface area contributed by atoms with Crippen LogP contribution >= 0.6 is 11.8 Å². The summed E-state index contributed by atoms with van der Waals surface area (Å²) in [4.78, 5) is -0.381. The van der Waals surface area contributed by atoms with Gasteiger partial charge in [0.2, 0.25) is 3.91 Å². The first kappa shape index (κ1) is 19.1. The van der Waals surface area contributed by atoms with Gasteiger partial charge in [-0.1, -0.05) is 30.0 Å². The molecule has 0 aliphatic carbocycles. The van der Waals surface area contributed by atoms with E-state index in [-0.39, 0.29) is 4.90 Å². The first-order valence-electron chi connectivity index (χ1n) is 5.03. The summed E-state index contributed by atoms with van der Waals surface area (Å²) in [5.74, 6) is 0. The third-order valence-electron chi connectivity index (χ3n) is 2.13. The third-order valence-corrected chi connectivity index (χ3v) is 8.79. The highest BCUT2D eigenvalue weighted by atomic mass is 32.3. The summed E-state index contributed by atoms with van der Waals surface area (Å²) in [6.07, 6.45) is 0. The molecule has 22 heavy (non-hydrogen) atoms. The number of benzene rings is 1. The minimum Gasteiger partial charge on any atom is -0.217 e. The fourth-order valence-corrected chi connectivity index (χ4v) is 6.42. The third kappa shape index (κ3) is 3.68. The van der Waals surface area contributed by atoms with E-state index in [2.05, 4.69) is 0 Å². The molecule has 1 rings (SSSR count). The van der Waals surface area contributed by atoms with E-state index in [9.17, 15) is 43.2 Å². The van der Waals surface area contributed by atoms with Crippen LogP contribution in [-0.4, -0.2) is 31.8 Å². The fraction of sp³-hybridized carbons (Fsp3) is 0.333. The molecule has 1 aromatic carbocycles. The Morgan fingerprint density at radius 2 is 1.14 bits per heavy atom. The average Bonchev–Trinajstić information content (AvgIpc) is 2.34. The molecule has 13 heteroatoms. The summed E-state index contributed by atoms with van der Waals surface area (Å²) in [5.41, 5.74) is -12.3. The van der Waals surface area contributed by atoms with Crippen molar-refractivity contribution in [3.8, 4) is 0 Å². The first-order valence-corrected chi connectivity index (χ1v) is 9.00. The van der Waals surface area contributed by atoms with E-state index < -0.39 is 46.4 Å². The Labute approximate surface area is 125 Å². The summed E-state index contributed by atoms with van der Waals surface area (Å²) >= 11 is -0.560. The van der Waals surface area contributed by atoms with Gasteiger partial charge in [0.1, 0.15) is 0 Å². The largest absolute Gasteiger partial charge is 0.499 e. The molecule has 126 valence electrons. The number of sulfone groups is 2. The van der Waals surface area contributed by atoms with Crippen molar-refractivity contribution >= 4 is 31.4 Å². The van der Waals surface area contributed by atoms with Crippen molar-refractivity contribution in [2.24, 2.45) is 0 Å². The van der Waals surface area contributed by atoms with Crippen molar-refractivity contribution in [2.45, 2.75) is 19.8 Å². The zero-order chi connectivity index (χ0) is 17.4. The SMILES string of the molecule is O=S(=O)(C(Sc1ccccc1)S(=O)(=O)C(F)(F)F)C(F)(F)F. The van der Waals surface area contributed by atoms with Gasteiger partial charge < -0.3 is 0 Å². The number of rotatable bonds is 4. The lowest BCUT2D eigenvalue weighted by Crippen LogP contribution is -2.43. The molecule has 4 nitrogen and oxygen atoms in total. The molecule has 0 aliphatic rings. The van der Waals surface area contributed by atoms with E-state index in [1.54, 1.807) is 0 Å². The zero-order valence-corrected chi connectivity index (χ0v) is 12.5. The Morgan fingerprint density at radius 3 is 1.45 bits per heavy atom. The maximum absolute atomic E-state index is 12.5. The van der Waals surface area contributed by atoms with Crippen LogP contribution in [0.25, 0.3) is 0 Å². The number of halogens is 6. The van der Waals surface area contributed by atoms with E-state index in [1.165, 1.54) is 18.2 Å². The minimum absolute atomic E-state index is 0.381. The monoisotopic (exact) mass is 388 g/mol. The lowest BCUT2D eigenvalue weighted by Gasteiger charge is -2.20. The molecule has 1 aromatic rings. The molecule has 0 saturated carbocycles. The highest BCUT2D eigenvalue weighted by Crippen LogP contribution is 2.43. The number of alkyl halides is 6. The second kappa shape index (κ2) is 5.92. The molecule has 0 fully saturated rings. The van der Waals surface area contributed by atoms with Crippen LogP contribution in [0.2, 0.25) is 0 Å². The topological polar surface area (TPSA) is 68.3 Å². The normalized spacial score (nSPS) is 14.3. The van der Waals surface area contributed by atoms with Gasteiger partial charge in [-0.15, -0.1) is 0 Å². The predicted octanol–water partition coefficient (Wildman–Crippen LogP) is 2.93. The molecule has 0 bridgehead atoms. The van der Waals surface area contributed by atoms with Gasteiger partial charge in [0.25, 0.3) is 19.7 Å². The van der Waals surface area contributed by atoms with Gasteiger partial charge in [-0.05, 0) is 12.1 Å². The van der Waals surface area contributed by atoms with Crippen LogP contribution in [-0.2, 0) is 19.7 Å².